The Labute approximate surface area is 245 Å². The molecule has 0 radical (unpaired) electrons. The Kier molecular flexibility index (Phi) is 6.80. The molecule has 0 unspecified atom stereocenters. The average molecular weight is 572 g/mol. The lowest BCUT2D eigenvalue weighted by atomic mass is 10.2. The minimum absolute atomic E-state index is 0.0289. The molecule has 212 valence electrons. The first-order chi connectivity index (χ1) is 21.2. The second kappa shape index (κ2) is 11.2. The summed E-state index contributed by atoms with van der Waals surface area (Å²) in [5.41, 5.74) is 3.07. The summed E-state index contributed by atoms with van der Waals surface area (Å²) in [6.45, 7) is -0.181. The van der Waals surface area contributed by atoms with Gasteiger partial charge in [0, 0.05) is 27.6 Å². The molecule has 0 bridgehead atoms. The fraction of sp³-hybridized carbons (Fsp3) is 0.0882. The van der Waals surface area contributed by atoms with Gasteiger partial charge in [-0.3, -0.25) is 4.98 Å². The molecule has 7 aromatic rings. The Morgan fingerprint density at radius 3 is 1.44 bits per heavy atom. The molecule has 0 saturated heterocycles. The van der Waals surface area contributed by atoms with Crippen molar-refractivity contribution in [3.8, 4) is 11.5 Å². The minimum atomic E-state index is -0.553. The van der Waals surface area contributed by atoms with E-state index < -0.39 is 12.2 Å². The molecule has 0 spiro atoms. The Balaban J connectivity index is 0.951. The third-order valence-corrected chi connectivity index (χ3v) is 7.20. The van der Waals surface area contributed by atoms with E-state index in [1.807, 2.05) is 97.1 Å². The molecule has 0 saturated carbocycles. The van der Waals surface area contributed by atoms with Crippen LogP contribution in [0.2, 0.25) is 0 Å². The van der Waals surface area contributed by atoms with Crippen LogP contribution in [-0.2, 0) is 9.47 Å². The van der Waals surface area contributed by atoms with Gasteiger partial charge in [-0.2, -0.15) is 0 Å². The first-order valence-corrected chi connectivity index (χ1v) is 13.7. The van der Waals surface area contributed by atoms with Crippen molar-refractivity contribution < 1.29 is 28.5 Å². The predicted octanol–water partition coefficient (Wildman–Crippen LogP) is 7.38. The maximum Gasteiger partial charge on any atom is 0.421 e. The molecule has 0 fully saturated rings. The molecule has 0 aliphatic heterocycles. The molecule has 0 aliphatic rings. The van der Waals surface area contributed by atoms with Gasteiger partial charge >= 0.3 is 12.2 Å². The normalized spacial score (nSPS) is 11.3. The highest BCUT2D eigenvalue weighted by Crippen LogP contribution is 2.30. The van der Waals surface area contributed by atoms with Gasteiger partial charge in [0.15, 0.2) is 0 Å². The molecule has 0 N–H and O–H groups in total. The van der Waals surface area contributed by atoms with Gasteiger partial charge in [0.2, 0.25) is 6.79 Å². The maximum atomic E-state index is 13.0. The van der Waals surface area contributed by atoms with Crippen LogP contribution in [-0.4, -0.2) is 46.3 Å². The van der Waals surface area contributed by atoms with Gasteiger partial charge < -0.3 is 18.9 Å². The van der Waals surface area contributed by atoms with Crippen LogP contribution in [0.3, 0.4) is 0 Å². The monoisotopic (exact) mass is 571 g/mol. The Morgan fingerprint density at radius 1 is 0.535 bits per heavy atom. The molecule has 0 atom stereocenters. The smallest absolute Gasteiger partial charge is 0.421 e. The zero-order valence-corrected chi connectivity index (χ0v) is 22.9. The number of hydrogen-bond acceptors (Lipinski definition) is 7. The number of aromatic nitrogens is 3. The van der Waals surface area contributed by atoms with Crippen molar-refractivity contribution in [1.29, 1.82) is 0 Å². The molecule has 3 aromatic heterocycles. The van der Waals surface area contributed by atoms with E-state index in [1.54, 1.807) is 10.6 Å². The molecule has 9 nitrogen and oxygen atoms in total. The third-order valence-electron chi connectivity index (χ3n) is 7.20. The topological polar surface area (TPSA) is 93.8 Å². The van der Waals surface area contributed by atoms with Crippen molar-refractivity contribution in [3.63, 3.8) is 0 Å². The number of pyridine rings is 1. The number of fused-ring (bicyclic) bond motifs is 6. The summed E-state index contributed by atoms with van der Waals surface area (Å²) in [6, 6.07) is 32.4. The van der Waals surface area contributed by atoms with Gasteiger partial charge in [0.25, 0.3) is 0 Å². The Bertz CT molecular complexity index is 2020. The first-order valence-electron chi connectivity index (χ1n) is 13.7. The van der Waals surface area contributed by atoms with Crippen LogP contribution >= 0.6 is 0 Å². The third kappa shape index (κ3) is 4.87. The van der Waals surface area contributed by atoms with E-state index in [4.69, 9.17) is 18.9 Å². The molecule has 0 amide bonds. The molecular weight excluding hydrogens is 546 g/mol. The number of ether oxygens (including phenoxy) is 4. The second-order valence-corrected chi connectivity index (χ2v) is 9.73. The van der Waals surface area contributed by atoms with E-state index in [9.17, 15) is 9.59 Å². The molecular formula is C34H25N3O6. The van der Waals surface area contributed by atoms with Crippen molar-refractivity contribution in [3.05, 3.63) is 116 Å². The van der Waals surface area contributed by atoms with Crippen LogP contribution in [0.25, 0.3) is 43.6 Å². The fourth-order valence-corrected chi connectivity index (χ4v) is 5.36. The number of benzene rings is 4. The van der Waals surface area contributed by atoms with Gasteiger partial charge in [-0.05, 0) is 24.3 Å². The Hall–Kier alpha value is -5.83. The zero-order valence-electron chi connectivity index (χ0n) is 22.9. The highest BCUT2D eigenvalue weighted by Gasteiger charge is 2.18. The summed E-state index contributed by atoms with van der Waals surface area (Å²) in [5, 5.41) is 3.89. The number of para-hydroxylation sites is 4. The quantitative estimate of drug-likeness (QED) is 0.146. The Morgan fingerprint density at radius 2 is 0.953 bits per heavy atom. The summed E-state index contributed by atoms with van der Waals surface area (Å²) in [7, 11) is 0. The summed E-state index contributed by atoms with van der Waals surface area (Å²) in [6.07, 6.45) is 1.97. The van der Waals surface area contributed by atoms with E-state index >= 15 is 0 Å². The van der Waals surface area contributed by atoms with E-state index in [0.717, 1.165) is 43.6 Å². The van der Waals surface area contributed by atoms with Gasteiger partial charge in [-0.25, -0.2) is 18.7 Å². The van der Waals surface area contributed by atoms with Crippen molar-refractivity contribution in [1.82, 2.24) is 14.1 Å². The van der Waals surface area contributed by atoms with Crippen LogP contribution in [0.1, 0.15) is 0 Å². The number of nitrogens with zero attached hydrogens (tertiary/aromatic N) is 3. The van der Waals surface area contributed by atoms with Gasteiger partial charge in [0.05, 0.1) is 34.5 Å². The molecule has 9 heteroatoms. The van der Waals surface area contributed by atoms with Crippen molar-refractivity contribution in [2.75, 3.05) is 20.0 Å². The number of carbonyl (C=O) groups is 2. The fourth-order valence-electron chi connectivity index (χ4n) is 5.36. The van der Waals surface area contributed by atoms with E-state index in [-0.39, 0.29) is 20.0 Å². The highest BCUT2D eigenvalue weighted by atomic mass is 16.7. The number of rotatable bonds is 7. The molecule has 43 heavy (non-hydrogen) atoms. The van der Waals surface area contributed by atoms with Crippen LogP contribution in [0.4, 0.5) is 9.59 Å². The average Bonchev–Trinajstić information content (AvgIpc) is 3.56. The molecule has 4 aromatic carbocycles. The van der Waals surface area contributed by atoms with Crippen molar-refractivity contribution >= 4 is 55.8 Å². The molecule has 3 heterocycles. The summed E-state index contributed by atoms with van der Waals surface area (Å²) in [5.74, 6) is 0.772. The SMILES string of the molecule is O=C(OCCOc1cncc(OCOC(=O)n2c3ccccc3c3ccccc32)c1)n1c2ccccc2c2ccccc21. The van der Waals surface area contributed by atoms with Crippen LogP contribution in [0.15, 0.2) is 116 Å². The summed E-state index contributed by atoms with van der Waals surface area (Å²) < 4.78 is 25.4. The minimum Gasteiger partial charge on any atom is -0.488 e. The number of hydrogen-bond donors (Lipinski definition) is 0. The number of carbonyl (C=O) groups excluding carboxylic acids is 2. The van der Waals surface area contributed by atoms with Gasteiger partial charge in [-0.1, -0.05) is 72.8 Å². The lowest BCUT2D eigenvalue weighted by Crippen LogP contribution is -2.17. The van der Waals surface area contributed by atoms with Crippen LogP contribution in [0, 0.1) is 0 Å². The second-order valence-electron chi connectivity index (χ2n) is 9.73. The lowest BCUT2D eigenvalue weighted by Gasteiger charge is -2.11. The van der Waals surface area contributed by atoms with Gasteiger partial charge in [-0.15, -0.1) is 0 Å². The maximum absolute atomic E-state index is 13.0. The largest absolute Gasteiger partial charge is 0.488 e. The van der Waals surface area contributed by atoms with Crippen LogP contribution < -0.4 is 9.47 Å². The van der Waals surface area contributed by atoms with E-state index in [0.29, 0.717) is 11.5 Å². The van der Waals surface area contributed by atoms with E-state index in [2.05, 4.69) is 4.98 Å². The first kappa shape index (κ1) is 26.1. The summed E-state index contributed by atoms with van der Waals surface area (Å²) >= 11 is 0. The van der Waals surface area contributed by atoms with E-state index in [1.165, 1.54) is 17.0 Å². The van der Waals surface area contributed by atoms with Crippen LogP contribution in [0.5, 0.6) is 11.5 Å². The van der Waals surface area contributed by atoms with Gasteiger partial charge in [0.1, 0.15) is 24.7 Å². The lowest BCUT2D eigenvalue weighted by molar-refractivity contribution is 0.0611. The zero-order chi connectivity index (χ0) is 29.2. The summed E-state index contributed by atoms with van der Waals surface area (Å²) in [4.78, 5) is 30.2. The molecule has 0 aliphatic carbocycles. The van der Waals surface area contributed by atoms with Crippen molar-refractivity contribution in [2.24, 2.45) is 0 Å². The van der Waals surface area contributed by atoms with Crippen molar-refractivity contribution in [2.45, 2.75) is 0 Å². The molecule has 7 rings (SSSR count). The standard InChI is InChI=1S/C34H25N3O6/c38-33(36-29-13-5-1-9-25(29)26-10-2-6-14-30(26)36)41-18-17-40-23-19-24(21-35-20-23)42-22-43-34(39)37-31-15-7-3-11-27(31)28-12-4-8-16-32(28)37/h1-16,19-21H,17-18,22H2. The predicted molar refractivity (Wildman–Crippen MR) is 163 cm³/mol. The highest BCUT2D eigenvalue weighted by molar-refractivity contribution is 6.13.